The van der Waals surface area contributed by atoms with Crippen LogP contribution in [0.1, 0.15) is 20.3 Å². The smallest absolute Gasteiger partial charge is 0.283 e. The summed E-state index contributed by atoms with van der Waals surface area (Å²) in [7, 11) is 0. The number of rotatable bonds is 5. The Bertz CT molecular complexity index is 470. The average molecular weight is 315 g/mol. The predicted molar refractivity (Wildman–Crippen MR) is 76.2 cm³/mol. The Labute approximate surface area is 115 Å². The molecule has 0 saturated carbocycles. The van der Waals surface area contributed by atoms with Crippen molar-refractivity contribution in [1.29, 1.82) is 0 Å². The van der Waals surface area contributed by atoms with Crippen LogP contribution in [0.2, 0.25) is 0 Å². The SMILES string of the molecule is CCCN(c1cnn(CC)c(=O)c1Br)C1CNC1. The van der Waals surface area contributed by atoms with E-state index < -0.39 is 0 Å². The van der Waals surface area contributed by atoms with Crippen LogP contribution in [0, 0.1) is 0 Å². The molecule has 1 aliphatic heterocycles. The van der Waals surface area contributed by atoms with Gasteiger partial charge in [0.1, 0.15) is 4.47 Å². The molecule has 1 saturated heterocycles. The lowest BCUT2D eigenvalue weighted by molar-refractivity contribution is 0.411. The van der Waals surface area contributed by atoms with E-state index in [4.69, 9.17) is 0 Å². The van der Waals surface area contributed by atoms with E-state index in [0.717, 1.165) is 31.7 Å². The van der Waals surface area contributed by atoms with Crippen LogP contribution in [0.15, 0.2) is 15.5 Å². The van der Waals surface area contributed by atoms with Crippen molar-refractivity contribution in [2.45, 2.75) is 32.9 Å². The molecule has 2 rings (SSSR count). The van der Waals surface area contributed by atoms with E-state index in [0.29, 0.717) is 17.1 Å². The van der Waals surface area contributed by atoms with Gasteiger partial charge in [0.05, 0.1) is 17.9 Å². The maximum atomic E-state index is 12.1. The van der Waals surface area contributed by atoms with Gasteiger partial charge in [-0.05, 0) is 29.3 Å². The van der Waals surface area contributed by atoms with Crippen molar-refractivity contribution in [1.82, 2.24) is 15.1 Å². The maximum Gasteiger partial charge on any atom is 0.283 e. The highest BCUT2D eigenvalue weighted by molar-refractivity contribution is 9.10. The fraction of sp³-hybridized carbons (Fsp3) is 0.667. The molecule has 1 fully saturated rings. The number of halogens is 1. The lowest BCUT2D eigenvalue weighted by Crippen LogP contribution is -2.58. The van der Waals surface area contributed by atoms with Crippen molar-refractivity contribution in [3.8, 4) is 0 Å². The third-order valence-electron chi connectivity index (χ3n) is 3.24. The number of aromatic nitrogens is 2. The summed E-state index contributed by atoms with van der Waals surface area (Å²) < 4.78 is 2.09. The van der Waals surface area contributed by atoms with Crippen LogP contribution < -0.4 is 15.8 Å². The van der Waals surface area contributed by atoms with Crippen molar-refractivity contribution < 1.29 is 0 Å². The van der Waals surface area contributed by atoms with Gasteiger partial charge in [-0.25, -0.2) is 4.68 Å². The minimum atomic E-state index is -0.0524. The van der Waals surface area contributed by atoms with Crippen LogP contribution in [-0.2, 0) is 6.54 Å². The Morgan fingerprint density at radius 1 is 1.56 bits per heavy atom. The predicted octanol–water partition coefficient (Wildman–Crippen LogP) is 1.21. The molecule has 5 nitrogen and oxygen atoms in total. The van der Waals surface area contributed by atoms with Crippen LogP contribution in [0.3, 0.4) is 0 Å². The zero-order valence-corrected chi connectivity index (χ0v) is 12.4. The minimum absolute atomic E-state index is 0.0524. The number of nitrogens with zero attached hydrogens (tertiary/aromatic N) is 3. The quantitative estimate of drug-likeness (QED) is 0.887. The molecule has 0 bridgehead atoms. The molecule has 0 unspecified atom stereocenters. The first-order valence-electron chi connectivity index (χ1n) is 6.42. The topological polar surface area (TPSA) is 50.2 Å². The summed E-state index contributed by atoms with van der Waals surface area (Å²) in [6, 6.07) is 0.472. The minimum Gasteiger partial charge on any atom is -0.364 e. The standard InChI is InChI=1S/C12H19BrN4O/c1-3-5-16(9-6-14-7-9)10-8-15-17(4-2)12(18)11(10)13/h8-9,14H,3-7H2,1-2H3. The van der Waals surface area contributed by atoms with Gasteiger partial charge >= 0.3 is 0 Å². The number of hydrogen-bond acceptors (Lipinski definition) is 4. The molecule has 100 valence electrons. The van der Waals surface area contributed by atoms with E-state index in [2.05, 4.69) is 38.2 Å². The van der Waals surface area contributed by atoms with Gasteiger partial charge in [-0.2, -0.15) is 5.10 Å². The molecule has 1 N–H and O–H groups in total. The van der Waals surface area contributed by atoms with Crippen LogP contribution >= 0.6 is 15.9 Å². The Morgan fingerprint density at radius 3 is 2.78 bits per heavy atom. The number of aryl methyl sites for hydroxylation is 1. The molecule has 0 spiro atoms. The third kappa shape index (κ3) is 2.44. The molecule has 0 atom stereocenters. The van der Waals surface area contributed by atoms with E-state index in [1.165, 1.54) is 4.68 Å². The van der Waals surface area contributed by atoms with Gasteiger partial charge in [0.15, 0.2) is 0 Å². The zero-order valence-electron chi connectivity index (χ0n) is 10.8. The molecular formula is C12H19BrN4O. The molecule has 0 aliphatic carbocycles. The number of nitrogens with one attached hydrogen (secondary N) is 1. The first-order valence-corrected chi connectivity index (χ1v) is 7.21. The molecule has 1 aromatic rings. The largest absolute Gasteiger partial charge is 0.364 e. The van der Waals surface area contributed by atoms with E-state index in [9.17, 15) is 4.79 Å². The van der Waals surface area contributed by atoms with Gasteiger partial charge < -0.3 is 10.2 Å². The normalized spacial score (nSPS) is 15.5. The monoisotopic (exact) mass is 314 g/mol. The molecular weight excluding hydrogens is 296 g/mol. The average Bonchev–Trinajstić information content (AvgIpc) is 2.30. The number of hydrogen-bond donors (Lipinski definition) is 1. The van der Waals surface area contributed by atoms with Crippen molar-refractivity contribution in [2.24, 2.45) is 0 Å². The van der Waals surface area contributed by atoms with Crippen molar-refractivity contribution in [3.63, 3.8) is 0 Å². The van der Waals surface area contributed by atoms with Crippen molar-refractivity contribution in [3.05, 3.63) is 21.0 Å². The first-order chi connectivity index (χ1) is 8.69. The van der Waals surface area contributed by atoms with Crippen molar-refractivity contribution >= 4 is 21.6 Å². The summed E-state index contributed by atoms with van der Waals surface area (Å²) in [4.78, 5) is 14.3. The van der Waals surface area contributed by atoms with E-state index in [-0.39, 0.29) is 5.56 Å². The summed E-state index contributed by atoms with van der Waals surface area (Å²) in [6.45, 7) is 7.55. The zero-order chi connectivity index (χ0) is 13.1. The van der Waals surface area contributed by atoms with Gasteiger partial charge in [0, 0.05) is 26.2 Å². The summed E-state index contributed by atoms with van der Waals surface area (Å²) in [5, 5.41) is 7.48. The first kappa shape index (κ1) is 13.5. The molecule has 0 aromatic carbocycles. The second-order valence-electron chi connectivity index (χ2n) is 4.47. The second kappa shape index (κ2) is 5.84. The molecule has 18 heavy (non-hydrogen) atoms. The van der Waals surface area contributed by atoms with Crippen LogP contribution in [0.4, 0.5) is 5.69 Å². The summed E-state index contributed by atoms with van der Waals surface area (Å²) in [5.74, 6) is 0. The number of anilines is 1. The summed E-state index contributed by atoms with van der Waals surface area (Å²) in [5.41, 5.74) is 0.862. The van der Waals surface area contributed by atoms with Crippen LogP contribution in [0.5, 0.6) is 0 Å². The molecule has 6 heteroatoms. The molecule has 2 heterocycles. The fourth-order valence-electron chi connectivity index (χ4n) is 2.12. The lowest BCUT2D eigenvalue weighted by Gasteiger charge is -2.39. The van der Waals surface area contributed by atoms with Gasteiger partial charge in [0.25, 0.3) is 5.56 Å². The van der Waals surface area contributed by atoms with E-state index in [1.54, 1.807) is 6.20 Å². The highest BCUT2D eigenvalue weighted by Crippen LogP contribution is 2.25. The fourth-order valence-corrected chi connectivity index (χ4v) is 2.65. The highest BCUT2D eigenvalue weighted by atomic mass is 79.9. The molecule has 1 aromatic heterocycles. The highest BCUT2D eigenvalue weighted by Gasteiger charge is 2.26. The lowest BCUT2D eigenvalue weighted by atomic mass is 10.1. The van der Waals surface area contributed by atoms with Gasteiger partial charge in [-0.3, -0.25) is 4.79 Å². The van der Waals surface area contributed by atoms with Crippen LogP contribution in [0.25, 0.3) is 0 Å². The summed E-state index contributed by atoms with van der Waals surface area (Å²) in [6.07, 6.45) is 2.85. The van der Waals surface area contributed by atoms with Gasteiger partial charge in [-0.1, -0.05) is 6.92 Å². The third-order valence-corrected chi connectivity index (χ3v) is 3.99. The Kier molecular flexibility index (Phi) is 4.40. The summed E-state index contributed by atoms with van der Waals surface area (Å²) >= 11 is 3.43. The second-order valence-corrected chi connectivity index (χ2v) is 5.26. The Hall–Kier alpha value is -0.880. The Balaban J connectivity index is 2.35. The van der Waals surface area contributed by atoms with E-state index >= 15 is 0 Å². The Morgan fingerprint density at radius 2 is 2.28 bits per heavy atom. The van der Waals surface area contributed by atoms with Crippen molar-refractivity contribution in [2.75, 3.05) is 24.5 Å². The van der Waals surface area contributed by atoms with Gasteiger partial charge in [0.2, 0.25) is 0 Å². The van der Waals surface area contributed by atoms with Crippen LogP contribution in [-0.4, -0.2) is 35.5 Å². The van der Waals surface area contributed by atoms with Gasteiger partial charge in [-0.15, -0.1) is 0 Å². The molecule has 0 amide bonds. The molecule has 1 aliphatic rings. The molecule has 0 radical (unpaired) electrons. The maximum absolute atomic E-state index is 12.1. The van der Waals surface area contributed by atoms with E-state index in [1.807, 2.05) is 6.92 Å².